The van der Waals surface area contributed by atoms with Gasteiger partial charge < -0.3 is 5.32 Å². The van der Waals surface area contributed by atoms with Gasteiger partial charge >= 0.3 is 0 Å². The van der Waals surface area contributed by atoms with Crippen molar-refractivity contribution in [2.75, 3.05) is 12.3 Å². The van der Waals surface area contributed by atoms with Gasteiger partial charge in [0.1, 0.15) is 0 Å². The Morgan fingerprint density at radius 3 is 2.70 bits per heavy atom. The first-order valence-electron chi connectivity index (χ1n) is 7.00. The van der Waals surface area contributed by atoms with E-state index in [0.29, 0.717) is 6.04 Å². The molecule has 4 heteroatoms. The van der Waals surface area contributed by atoms with Crippen LogP contribution in [0.25, 0.3) is 0 Å². The van der Waals surface area contributed by atoms with E-state index < -0.39 is 0 Å². The normalized spacial score (nSPS) is 12.3. The zero-order chi connectivity index (χ0) is 14.2. The number of nitrogens with one attached hydrogen (secondary N) is 1. The Kier molecular flexibility index (Phi) is 6.02. The summed E-state index contributed by atoms with van der Waals surface area (Å²) in [5, 5.41) is 4.45. The third-order valence-electron chi connectivity index (χ3n) is 2.99. The van der Waals surface area contributed by atoms with E-state index in [1.165, 1.54) is 5.56 Å². The van der Waals surface area contributed by atoms with Crippen LogP contribution in [0, 0.1) is 6.92 Å². The van der Waals surface area contributed by atoms with Crippen LogP contribution in [-0.4, -0.2) is 22.3 Å². The minimum absolute atomic E-state index is 0.338. The van der Waals surface area contributed by atoms with Gasteiger partial charge in [-0.05, 0) is 31.5 Å². The van der Waals surface area contributed by atoms with E-state index in [1.54, 1.807) is 11.8 Å². The summed E-state index contributed by atoms with van der Waals surface area (Å²) in [4.78, 5) is 8.75. The second-order valence-electron chi connectivity index (χ2n) is 4.71. The Labute approximate surface area is 125 Å². The summed E-state index contributed by atoms with van der Waals surface area (Å²) in [6.07, 6.45) is 2.95. The topological polar surface area (TPSA) is 37.8 Å². The van der Waals surface area contributed by atoms with Crippen LogP contribution in [0.1, 0.15) is 30.6 Å². The van der Waals surface area contributed by atoms with Crippen molar-refractivity contribution in [1.29, 1.82) is 0 Å². The van der Waals surface area contributed by atoms with Gasteiger partial charge in [0.15, 0.2) is 5.16 Å². The van der Waals surface area contributed by atoms with Gasteiger partial charge in [-0.1, -0.05) is 49.0 Å². The SMILES string of the molecule is CCCNC(CSc1nccc(C)n1)c1ccccc1. The molecule has 0 saturated heterocycles. The van der Waals surface area contributed by atoms with E-state index in [9.17, 15) is 0 Å². The van der Waals surface area contributed by atoms with Crippen LogP contribution < -0.4 is 5.32 Å². The number of nitrogens with zero attached hydrogens (tertiary/aromatic N) is 2. The van der Waals surface area contributed by atoms with Crippen molar-refractivity contribution in [3.05, 3.63) is 53.9 Å². The third-order valence-corrected chi connectivity index (χ3v) is 3.95. The molecule has 0 aliphatic rings. The van der Waals surface area contributed by atoms with Crippen molar-refractivity contribution in [2.45, 2.75) is 31.5 Å². The van der Waals surface area contributed by atoms with Gasteiger partial charge in [-0.15, -0.1) is 0 Å². The van der Waals surface area contributed by atoms with Crippen LogP contribution in [-0.2, 0) is 0 Å². The molecule has 2 rings (SSSR count). The van der Waals surface area contributed by atoms with Crippen LogP contribution in [0.4, 0.5) is 0 Å². The van der Waals surface area contributed by atoms with Gasteiger partial charge in [0.2, 0.25) is 0 Å². The van der Waals surface area contributed by atoms with Crippen LogP contribution in [0.5, 0.6) is 0 Å². The molecule has 1 aromatic heterocycles. The highest BCUT2D eigenvalue weighted by atomic mass is 32.2. The molecule has 2 aromatic rings. The predicted octanol–water partition coefficient (Wildman–Crippen LogP) is 3.62. The molecule has 3 nitrogen and oxygen atoms in total. The van der Waals surface area contributed by atoms with Crippen molar-refractivity contribution in [2.24, 2.45) is 0 Å². The molecular formula is C16H21N3S. The highest BCUT2D eigenvalue weighted by Gasteiger charge is 2.11. The Balaban J connectivity index is 2.01. The van der Waals surface area contributed by atoms with Crippen LogP contribution in [0.3, 0.4) is 0 Å². The van der Waals surface area contributed by atoms with Crippen LogP contribution in [0.2, 0.25) is 0 Å². The molecular weight excluding hydrogens is 266 g/mol. The third kappa shape index (κ3) is 4.62. The molecule has 1 unspecified atom stereocenters. The molecule has 0 amide bonds. The monoisotopic (exact) mass is 287 g/mol. The Morgan fingerprint density at radius 2 is 2.00 bits per heavy atom. The summed E-state index contributed by atoms with van der Waals surface area (Å²) in [5.41, 5.74) is 2.33. The highest BCUT2D eigenvalue weighted by molar-refractivity contribution is 7.99. The quantitative estimate of drug-likeness (QED) is 0.623. The Hall–Kier alpha value is -1.39. The molecule has 0 spiro atoms. The molecule has 20 heavy (non-hydrogen) atoms. The number of hydrogen-bond acceptors (Lipinski definition) is 4. The summed E-state index contributed by atoms with van der Waals surface area (Å²) in [5.74, 6) is 0.938. The van der Waals surface area contributed by atoms with Crippen molar-refractivity contribution < 1.29 is 0 Å². The molecule has 1 N–H and O–H groups in total. The number of thioether (sulfide) groups is 1. The molecule has 0 fully saturated rings. The minimum atomic E-state index is 0.338. The molecule has 106 valence electrons. The lowest BCUT2D eigenvalue weighted by molar-refractivity contribution is 0.577. The number of aryl methyl sites for hydroxylation is 1. The first-order valence-corrected chi connectivity index (χ1v) is 7.99. The lowest BCUT2D eigenvalue weighted by atomic mass is 10.1. The minimum Gasteiger partial charge on any atom is -0.309 e. The van der Waals surface area contributed by atoms with Crippen LogP contribution in [0.15, 0.2) is 47.8 Å². The zero-order valence-electron chi connectivity index (χ0n) is 12.0. The maximum Gasteiger partial charge on any atom is 0.187 e. The first kappa shape index (κ1) is 15.0. The van der Waals surface area contributed by atoms with Gasteiger partial charge in [0.25, 0.3) is 0 Å². The van der Waals surface area contributed by atoms with Gasteiger partial charge in [-0.25, -0.2) is 9.97 Å². The van der Waals surface area contributed by atoms with Gasteiger partial charge in [-0.2, -0.15) is 0 Å². The van der Waals surface area contributed by atoms with Crippen LogP contribution >= 0.6 is 11.8 Å². The maximum atomic E-state index is 4.44. The smallest absolute Gasteiger partial charge is 0.187 e. The summed E-state index contributed by atoms with van der Waals surface area (Å²) >= 11 is 1.70. The summed E-state index contributed by atoms with van der Waals surface area (Å²) < 4.78 is 0. The standard InChI is InChI=1S/C16H21N3S/c1-3-10-17-15(14-7-5-4-6-8-14)12-20-16-18-11-9-13(2)19-16/h4-9,11,15,17H,3,10,12H2,1-2H3. The second-order valence-corrected chi connectivity index (χ2v) is 5.70. The molecule has 0 bridgehead atoms. The second kappa shape index (κ2) is 8.02. The average Bonchev–Trinajstić information content (AvgIpc) is 2.48. The van der Waals surface area contributed by atoms with Crippen molar-refractivity contribution >= 4 is 11.8 Å². The number of hydrogen-bond donors (Lipinski definition) is 1. The number of aromatic nitrogens is 2. The zero-order valence-corrected chi connectivity index (χ0v) is 12.9. The van der Waals surface area contributed by atoms with E-state index in [-0.39, 0.29) is 0 Å². The highest BCUT2D eigenvalue weighted by Crippen LogP contribution is 2.22. The van der Waals surface area contributed by atoms with Crippen molar-refractivity contribution in [3.8, 4) is 0 Å². The fraction of sp³-hybridized carbons (Fsp3) is 0.375. The Morgan fingerprint density at radius 1 is 1.20 bits per heavy atom. The number of benzene rings is 1. The fourth-order valence-electron chi connectivity index (χ4n) is 1.93. The fourth-order valence-corrected chi connectivity index (χ4v) is 2.90. The predicted molar refractivity (Wildman–Crippen MR) is 85.0 cm³/mol. The van der Waals surface area contributed by atoms with E-state index in [2.05, 4.69) is 52.5 Å². The van der Waals surface area contributed by atoms with Crippen molar-refractivity contribution in [3.63, 3.8) is 0 Å². The summed E-state index contributed by atoms with van der Waals surface area (Å²) in [6, 6.07) is 12.8. The maximum absolute atomic E-state index is 4.44. The molecule has 1 aromatic carbocycles. The van der Waals surface area contributed by atoms with E-state index >= 15 is 0 Å². The number of rotatable bonds is 7. The lowest BCUT2D eigenvalue weighted by Crippen LogP contribution is -2.24. The van der Waals surface area contributed by atoms with Gasteiger partial charge in [0.05, 0.1) is 0 Å². The summed E-state index contributed by atoms with van der Waals surface area (Å²) in [6.45, 7) is 5.20. The molecule has 0 aliphatic heterocycles. The lowest BCUT2D eigenvalue weighted by Gasteiger charge is -2.18. The van der Waals surface area contributed by atoms with Gasteiger partial charge in [0, 0.05) is 23.7 Å². The van der Waals surface area contributed by atoms with Crippen molar-refractivity contribution in [1.82, 2.24) is 15.3 Å². The molecule has 0 aliphatic carbocycles. The Bertz CT molecular complexity index is 516. The first-order chi connectivity index (χ1) is 9.79. The summed E-state index contributed by atoms with van der Waals surface area (Å²) in [7, 11) is 0. The average molecular weight is 287 g/mol. The van der Waals surface area contributed by atoms with E-state index in [1.807, 2.05) is 19.2 Å². The van der Waals surface area contributed by atoms with E-state index in [0.717, 1.165) is 29.6 Å². The largest absolute Gasteiger partial charge is 0.309 e. The molecule has 1 atom stereocenters. The molecule has 1 heterocycles. The molecule has 0 radical (unpaired) electrons. The van der Waals surface area contributed by atoms with E-state index in [4.69, 9.17) is 0 Å². The molecule has 0 saturated carbocycles. The van der Waals surface area contributed by atoms with Gasteiger partial charge in [-0.3, -0.25) is 0 Å².